The normalized spacial score (nSPS) is 11.4. The van der Waals surface area contributed by atoms with Crippen LogP contribution in [0.2, 0.25) is 10.0 Å². The Hall–Kier alpha value is -2.20. The second-order valence-electron chi connectivity index (χ2n) is 5.76. The van der Waals surface area contributed by atoms with Crippen LogP contribution in [-0.2, 0) is 14.8 Å². The molecule has 2 aromatic carbocycles. The second kappa shape index (κ2) is 9.33. The summed E-state index contributed by atoms with van der Waals surface area (Å²) in [6.07, 6.45) is 0.470. The zero-order valence-electron chi connectivity index (χ0n) is 14.8. The van der Waals surface area contributed by atoms with Crippen LogP contribution >= 0.6 is 23.2 Å². The number of nitro groups is 1. The van der Waals surface area contributed by atoms with Gasteiger partial charge in [0.2, 0.25) is 15.9 Å². The molecule has 0 aromatic heterocycles. The molecule has 1 N–H and O–H groups in total. The van der Waals surface area contributed by atoms with Gasteiger partial charge < -0.3 is 5.32 Å². The van der Waals surface area contributed by atoms with Crippen LogP contribution < -0.4 is 5.32 Å². The number of benzene rings is 2. The van der Waals surface area contributed by atoms with Gasteiger partial charge in [0.15, 0.2) is 0 Å². The second-order valence-corrected chi connectivity index (χ2v) is 8.54. The van der Waals surface area contributed by atoms with Gasteiger partial charge in [-0.05, 0) is 36.8 Å². The number of anilines is 1. The molecule has 0 unspecified atom stereocenters. The Morgan fingerprint density at radius 2 is 1.82 bits per heavy atom. The zero-order valence-corrected chi connectivity index (χ0v) is 17.1. The number of non-ortho nitro benzene ring substituents is 1. The van der Waals surface area contributed by atoms with Gasteiger partial charge in [-0.15, -0.1) is 0 Å². The van der Waals surface area contributed by atoms with Gasteiger partial charge in [-0.2, -0.15) is 4.31 Å². The number of hydrogen-bond acceptors (Lipinski definition) is 5. The maximum Gasteiger partial charge on any atom is 0.269 e. The fourth-order valence-electron chi connectivity index (χ4n) is 2.37. The van der Waals surface area contributed by atoms with E-state index in [0.29, 0.717) is 11.4 Å². The molecular formula is C17H17Cl2N3O5S. The third-order valence-corrected chi connectivity index (χ3v) is 6.10. The first-order valence-electron chi connectivity index (χ1n) is 8.14. The molecular weight excluding hydrogens is 429 g/mol. The van der Waals surface area contributed by atoms with Gasteiger partial charge in [-0.25, -0.2) is 8.42 Å². The van der Waals surface area contributed by atoms with E-state index in [1.165, 1.54) is 12.1 Å². The highest BCUT2D eigenvalue weighted by Crippen LogP contribution is 2.26. The SMILES string of the molecule is CCCN(CC(=O)Nc1cc(Cl)ccc1Cl)S(=O)(=O)c1ccc([N+](=O)[O-])cc1. The van der Waals surface area contributed by atoms with Gasteiger partial charge in [0.1, 0.15) is 0 Å². The van der Waals surface area contributed by atoms with E-state index in [-0.39, 0.29) is 27.8 Å². The van der Waals surface area contributed by atoms with E-state index in [0.717, 1.165) is 28.6 Å². The van der Waals surface area contributed by atoms with Crippen molar-refractivity contribution < 1.29 is 18.1 Å². The smallest absolute Gasteiger partial charge is 0.269 e. The number of carbonyl (C=O) groups excluding carboxylic acids is 1. The average Bonchev–Trinajstić information content (AvgIpc) is 2.64. The average molecular weight is 446 g/mol. The minimum atomic E-state index is -4.02. The molecule has 8 nitrogen and oxygen atoms in total. The summed E-state index contributed by atoms with van der Waals surface area (Å²) < 4.78 is 26.7. The summed E-state index contributed by atoms with van der Waals surface area (Å²) in [6.45, 7) is 1.41. The van der Waals surface area contributed by atoms with Crippen molar-refractivity contribution in [3.8, 4) is 0 Å². The summed E-state index contributed by atoms with van der Waals surface area (Å²) in [5.74, 6) is -0.594. The molecule has 0 saturated heterocycles. The highest BCUT2D eigenvalue weighted by molar-refractivity contribution is 7.89. The number of halogens is 2. The maximum absolute atomic E-state index is 12.8. The summed E-state index contributed by atoms with van der Waals surface area (Å²) in [5.41, 5.74) is 0.0395. The fourth-order valence-corrected chi connectivity index (χ4v) is 4.19. The van der Waals surface area contributed by atoms with E-state index in [4.69, 9.17) is 23.2 Å². The van der Waals surface area contributed by atoms with Gasteiger partial charge in [-0.1, -0.05) is 30.1 Å². The molecule has 0 aliphatic heterocycles. The Morgan fingerprint density at radius 1 is 1.18 bits per heavy atom. The number of nitrogens with one attached hydrogen (secondary N) is 1. The van der Waals surface area contributed by atoms with Crippen LogP contribution in [0.5, 0.6) is 0 Å². The van der Waals surface area contributed by atoms with Crippen LogP contribution in [-0.4, -0.2) is 36.6 Å². The van der Waals surface area contributed by atoms with Crippen LogP contribution in [0.1, 0.15) is 13.3 Å². The number of rotatable bonds is 8. The van der Waals surface area contributed by atoms with Crippen LogP contribution in [0, 0.1) is 10.1 Å². The van der Waals surface area contributed by atoms with E-state index in [2.05, 4.69) is 5.32 Å². The van der Waals surface area contributed by atoms with Crippen LogP contribution in [0.15, 0.2) is 47.4 Å². The van der Waals surface area contributed by atoms with Crippen LogP contribution in [0.4, 0.5) is 11.4 Å². The van der Waals surface area contributed by atoms with Crippen LogP contribution in [0.25, 0.3) is 0 Å². The number of sulfonamides is 1. The van der Waals surface area contributed by atoms with E-state index in [1.54, 1.807) is 13.0 Å². The molecule has 0 atom stereocenters. The van der Waals surface area contributed by atoms with Crippen molar-refractivity contribution in [2.24, 2.45) is 0 Å². The highest BCUT2D eigenvalue weighted by atomic mass is 35.5. The predicted octanol–water partition coefficient (Wildman–Crippen LogP) is 3.94. The van der Waals surface area contributed by atoms with Gasteiger partial charge in [0.25, 0.3) is 5.69 Å². The van der Waals surface area contributed by atoms with Crippen molar-refractivity contribution in [3.63, 3.8) is 0 Å². The number of carbonyl (C=O) groups is 1. The summed E-state index contributed by atoms with van der Waals surface area (Å²) >= 11 is 11.9. The van der Waals surface area contributed by atoms with E-state index >= 15 is 0 Å². The molecule has 1 amide bonds. The molecule has 0 aliphatic rings. The first-order chi connectivity index (χ1) is 13.1. The number of amides is 1. The number of hydrogen-bond donors (Lipinski definition) is 1. The topological polar surface area (TPSA) is 110 Å². The van der Waals surface area contributed by atoms with Crippen molar-refractivity contribution >= 4 is 50.5 Å². The Balaban J connectivity index is 2.22. The minimum Gasteiger partial charge on any atom is -0.324 e. The quantitative estimate of drug-likeness (QED) is 0.488. The van der Waals surface area contributed by atoms with E-state index in [1.807, 2.05) is 0 Å². The number of nitro benzene ring substituents is 1. The molecule has 0 heterocycles. The first kappa shape index (κ1) is 22.1. The molecule has 0 radical (unpaired) electrons. The Kier molecular flexibility index (Phi) is 7.36. The molecule has 2 aromatic rings. The Bertz CT molecular complexity index is 981. The first-order valence-corrected chi connectivity index (χ1v) is 10.3. The monoisotopic (exact) mass is 445 g/mol. The highest BCUT2D eigenvalue weighted by Gasteiger charge is 2.26. The molecule has 0 aliphatic carbocycles. The van der Waals surface area contributed by atoms with Crippen molar-refractivity contribution in [2.75, 3.05) is 18.4 Å². The Labute approximate surface area is 172 Å². The van der Waals surface area contributed by atoms with Gasteiger partial charge in [-0.3, -0.25) is 14.9 Å². The molecule has 0 spiro atoms. The lowest BCUT2D eigenvalue weighted by Crippen LogP contribution is -2.38. The summed E-state index contributed by atoms with van der Waals surface area (Å²) in [6, 6.07) is 9.01. The standard InChI is InChI=1S/C17H17Cl2N3O5S/c1-2-9-21(11-17(23)20-16-10-12(18)3-8-15(16)19)28(26,27)14-6-4-13(5-7-14)22(24)25/h3-8,10H,2,9,11H2,1H3,(H,20,23). The zero-order chi connectivity index (χ0) is 20.9. The van der Waals surface area contributed by atoms with Crippen molar-refractivity contribution in [1.29, 1.82) is 0 Å². The van der Waals surface area contributed by atoms with Crippen molar-refractivity contribution in [3.05, 3.63) is 62.6 Å². The third-order valence-electron chi connectivity index (χ3n) is 3.68. The molecule has 0 saturated carbocycles. The van der Waals surface area contributed by atoms with Crippen molar-refractivity contribution in [1.82, 2.24) is 4.31 Å². The lowest BCUT2D eigenvalue weighted by Gasteiger charge is -2.21. The minimum absolute atomic E-state index is 0.0933. The lowest BCUT2D eigenvalue weighted by atomic mass is 10.3. The van der Waals surface area contributed by atoms with E-state index < -0.39 is 27.4 Å². The fraction of sp³-hybridized carbons (Fsp3) is 0.235. The van der Waals surface area contributed by atoms with Crippen LogP contribution in [0.3, 0.4) is 0 Å². The largest absolute Gasteiger partial charge is 0.324 e. The molecule has 11 heteroatoms. The van der Waals surface area contributed by atoms with Gasteiger partial charge >= 0.3 is 0 Å². The predicted molar refractivity (Wildman–Crippen MR) is 107 cm³/mol. The third kappa shape index (κ3) is 5.41. The van der Waals surface area contributed by atoms with E-state index in [9.17, 15) is 23.3 Å². The number of nitrogens with zero attached hydrogens (tertiary/aromatic N) is 2. The van der Waals surface area contributed by atoms with Gasteiger partial charge in [0, 0.05) is 23.7 Å². The van der Waals surface area contributed by atoms with Gasteiger partial charge in [0.05, 0.1) is 27.1 Å². The molecule has 0 fully saturated rings. The Morgan fingerprint density at radius 3 is 2.39 bits per heavy atom. The molecule has 2 rings (SSSR count). The maximum atomic E-state index is 12.8. The molecule has 0 bridgehead atoms. The summed E-state index contributed by atoms with van der Waals surface area (Å²) in [7, 11) is -4.02. The molecule has 150 valence electrons. The summed E-state index contributed by atoms with van der Waals surface area (Å²) in [4.78, 5) is 22.4. The molecule has 28 heavy (non-hydrogen) atoms. The lowest BCUT2D eigenvalue weighted by molar-refractivity contribution is -0.384. The summed E-state index contributed by atoms with van der Waals surface area (Å²) in [5, 5.41) is 13.9. The van der Waals surface area contributed by atoms with Crippen molar-refractivity contribution in [2.45, 2.75) is 18.2 Å².